The van der Waals surface area contributed by atoms with Gasteiger partial charge in [-0.2, -0.15) is 0 Å². The lowest BCUT2D eigenvalue weighted by molar-refractivity contribution is -0.152. The zero-order valence-corrected chi connectivity index (χ0v) is 13.5. The number of likely N-dealkylation sites (N-methyl/N-ethyl adjacent to an activating group) is 1. The van der Waals surface area contributed by atoms with E-state index in [1.807, 2.05) is 30.1 Å². The molecule has 1 aromatic rings. The average Bonchev–Trinajstić information content (AvgIpc) is 3.02. The number of carbonyl (C=O) groups excluding carboxylic acids is 2. The van der Waals surface area contributed by atoms with E-state index in [1.54, 1.807) is 17.2 Å². The second-order valence-corrected chi connectivity index (χ2v) is 6.14. The first kappa shape index (κ1) is 16.0. The van der Waals surface area contributed by atoms with Crippen molar-refractivity contribution in [3.8, 4) is 0 Å². The summed E-state index contributed by atoms with van der Waals surface area (Å²) in [5.74, 6) is -0.139. The van der Waals surface area contributed by atoms with Gasteiger partial charge in [-0.15, -0.1) is 5.06 Å². The number of hydrogen-bond acceptors (Lipinski definition) is 5. The van der Waals surface area contributed by atoms with Crippen LogP contribution in [-0.4, -0.2) is 72.6 Å². The fourth-order valence-electron chi connectivity index (χ4n) is 3.18. The van der Waals surface area contributed by atoms with Gasteiger partial charge >= 0.3 is 5.97 Å². The van der Waals surface area contributed by atoms with Crippen LogP contribution in [0.5, 0.6) is 0 Å². The molecule has 0 bridgehead atoms. The van der Waals surface area contributed by atoms with Crippen LogP contribution < -0.4 is 0 Å². The van der Waals surface area contributed by atoms with E-state index in [0.29, 0.717) is 31.7 Å². The SMILES string of the molecule is CN1CCC[C@H]1C(=O)N1CCN(OC(=O)c2ccccc2)CC1. The minimum Gasteiger partial charge on any atom is -0.364 e. The summed E-state index contributed by atoms with van der Waals surface area (Å²) in [6, 6.07) is 8.97. The number of carbonyl (C=O) groups is 2. The van der Waals surface area contributed by atoms with Crippen LogP contribution in [-0.2, 0) is 9.63 Å². The number of hydrogen-bond donors (Lipinski definition) is 0. The van der Waals surface area contributed by atoms with E-state index >= 15 is 0 Å². The molecular weight excluding hydrogens is 294 g/mol. The third-order valence-corrected chi connectivity index (χ3v) is 4.58. The summed E-state index contributed by atoms with van der Waals surface area (Å²) in [6.45, 7) is 3.31. The monoisotopic (exact) mass is 317 g/mol. The molecule has 3 rings (SSSR count). The Morgan fingerprint density at radius 1 is 1.04 bits per heavy atom. The molecule has 6 heteroatoms. The smallest absolute Gasteiger partial charge is 0.357 e. The zero-order valence-electron chi connectivity index (χ0n) is 13.5. The molecule has 1 aromatic carbocycles. The number of amides is 1. The quantitative estimate of drug-likeness (QED) is 0.832. The maximum absolute atomic E-state index is 12.5. The van der Waals surface area contributed by atoms with E-state index in [2.05, 4.69) is 4.90 Å². The van der Waals surface area contributed by atoms with Gasteiger partial charge in [-0.25, -0.2) is 4.79 Å². The van der Waals surface area contributed by atoms with Crippen LogP contribution in [0.1, 0.15) is 23.2 Å². The van der Waals surface area contributed by atoms with Gasteiger partial charge in [0.25, 0.3) is 0 Å². The molecule has 23 heavy (non-hydrogen) atoms. The molecule has 2 saturated heterocycles. The highest BCUT2D eigenvalue weighted by atomic mass is 16.7. The van der Waals surface area contributed by atoms with Crippen molar-refractivity contribution in [3.63, 3.8) is 0 Å². The Morgan fingerprint density at radius 3 is 2.35 bits per heavy atom. The van der Waals surface area contributed by atoms with Crippen LogP contribution in [0, 0.1) is 0 Å². The van der Waals surface area contributed by atoms with Crippen molar-refractivity contribution in [2.45, 2.75) is 18.9 Å². The maximum atomic E-state index is 12.5. The Kier molecular flexibility index (Phi) is 4.93. The van der Waals surface area contributed by atoms with Crippen molar-refractivity contribution in [1.29, 1.82) is 0 Å². The van der Waals surface area contributed by atoms with Crippen LogP contribution in [0.3, 0.4) is 0 Å². The zero-order chi connectivity index (χ0) is 16.2. The highest BCUT2D eigenvalue weighted by Crippen LogP contribution is 2.18. The van der Waals surface area contributed by atoms with Gasteiger partial charge < -0.3 is 9.74 Å². The maximum Gasteiger partial charge on any atom is 0.357 e. The van der Waals surface area contributed by atoms with Crippen LogP contribution in [0.2, 0.25) is 0 Å². The van der Waals surface area contributed by atoms with Crippen LogP contribution in [0.15, 0.2) is 30.3 Å². The van der Waals surface area contributed by atoms with Crippen molar-refractivity contribution >= 4 is 11.9 Å². The van der Waals surface area contributed by atoms with E-state index in [-0.39, 0.29) is 17.9 Å². The second-order valence-electron chi connectivity index (χ2n) is 6.14. The summed E-state index contributed by atoms with van der Waals surface area (Å²) in [7, 11) is 2.01. The number of likely N-dealkylation sites (tertiary alicyclic amines) is 1. The molecule has 0 radical (unpaired) electrons. The normalized spacial score (nSPS) is 23.0. The van der Waals surface area contributed by atoms with Crippen molar-refractivity contribution < 1.29 is 14.4 Å². The third kappa shape index (κ3) is 3.71. The summed E-state index contributed by atoms with van der Waals surface area (Å²) in [5.41, 5.74) is 0.540. The van der Waals surface area contributed by atoms with Gasteiger partial charge in [0, 0.05) is 13.1 Å². The number of rotatable bonds is 3. The lowest BCUT2D eigenvalue weighted by Gasteiger charge is -2.35. The second kappa shape index (κ2) is 7.10. The molecule has 2 aliphatic rings. The van der Waals surface area contributed by atoms with E-state index in [1.165, 1.54) is 0 Å². The summed E-state index contributed by atoms with van der Waals surface area (Å²) in [5, 5.41) is 1.65. The molecule has 0 unspecified atom stereocenters. The molecule has 0 aromatic heterocycles. The van der Waals surface area contributed by atoms with Gasteiger partial charge in [-0.1, -0.05) is 18.2 Å². The average molecular weight is 317 g/mol. The van der Waals surface area contributed by atoms with Gasteiger partial charge in [0.05, 0.1) is 24.7 Å². The predicted molar refractivity (Wildman–Crippen MR) is 85.7 cm³/mol. The molecule has 0 spiro atoms. The Labute approximate surface area is 136 Å². The molecular formula is C17H23N3O3. The molecule has 1 atom stereocenters. The van der Waals surface area contributed by atoms with Crippen LogP contribution in [0.25, 0.3) is 0 Å². The highest BCUT2D eigenvalue weighted by Gasteiger charge is 2.33. The molecule has 124 valence electrons. The molecule has 1 amide bonds. The topological polar surface area (TPSA) is 53.1 Å². The molecule has 2 aliphatic heterocycles. The van der Waals surface area contributed by atoms with E-state index in [4.69, 9.17) is 4.84 Å². The number of benzene rings is 1. The van der Waals surface area contributed by atoms with Crippen molar-refractivity contribution in [2.75, 3.05) is 39.8 Å². The molecule has 0 aliphatic carbocycles. The summed E-state index contributed by atoms with van der Waals surface area (Å²) < 4.78 is 0. The predicted octanol–water partition coefficient (Wildman–Crippen LogP) is 0.997. The minimum atomic E-state index is -0.346. The van der Waals surface area contributed by atoms with E-state index in [0.717, 1.165) is 19.4 Å². The Hall–Kier alpha value is -1.92. The molecule has 6 nitrogen and oxygen atoms in total. The fraction of sp³-hybridized carbons (Fsp3) is 0.529. The van der Waals surface area contributed by atoms with Crippen LogP contribution in [0.4, 0.5) is 0 Å². The Morgan fingerprint density at radius 2 is 1.74 bits per heavy atom. The highest BCUT2D eigenvalue weighted by molar-refractivity contribution is 5.89. The van der Waals surface area contributed by atoms with Gasteiger partial charge in [0.15, 0.2) is 0 Å². The van der Waals surface area contributed by atoms with Gasteiger partial charge in [-0.05, 0) is 38.6 Å². The lowest BCUT2D eigenvalue weighted by atomic mass is 10.2. The molecule has 2 heterocycles. The fourth-order valence-corrected chi connectivity index (χ4v) is 3.18. The molecule has 0 saturated carbocycles. The largest absolute Gasteiger partial charge is 0.364 e. The van der Waals surface area contributed by atoms with Crippen molar-refractivity contribution in [3.05, 3.63) is 35.9 Å². The van der Waals surface area contributed by atoms with Crippen LogP contribution >= 0.6 is 0 Å². The van der Waals surface area contributed by atoms with Crippen molar-refractivity contribution in [2.24, 2.45) is 0 Å². The summed E-state index contributed by atoms with van der Waals surface area (Å²) in [4.78, 5) is 34.0. The number of hydroxylamine groups is 2. The first-order valence-corrected chi connectivity index (χ1v) is 8.16. The van der Waals surface area contributed by atoms with Gasteiger partial charge in [0.1, 0.15) is 0 Å². The minimum absolute atomic E-state index is 0.0217. The number of piperazine rings is 1. The third-order valence-electron chi connectivity index (χ3n) is 4.58. The van der Waals surface area contributed by atoms with Gasteiger partial charge in [-0.3, -0.25) is 9.69 Å². The summed E-state index contributed by atoms with van der Waals surface area (Å²) >= 11 is 0. The Balaban J connectivity index is 1.49. The van der Waals surface area contributed by atoms with Crippen molar-refractivity contribution in [1.82, 2.24) is 14.9 Å². The molecule has 0 N–H and O–H groups in total. The van der Waals surface area contributed by atoms with Gasteiger partial charge in [0.2, 0.25) is 5.91 Å². The lowest BCUT2D eigenvalue weighted by Crippen LogP contribution is -2.53. The first-order chi connectivity index (χ1) is 11.1. The first-order valence-electron chi connectivity index (χ1n) is 8.16. The summed E-state index contributed by atoms with van der Waals surface area (Å²) in [6.07, 6.45) is 2.03. The number of nitrogens with zero attached hydrogens (tertiary/aromatic N) is 3. The standard InChI is InChI=1S/C17H23N3O3/c1-18-9-5-8-15(18)16(21)19-10-12-20(13-11-19)23-17(22)14-6-3-2-4-7-14/h2-4,6-7,15H,5,8-13H2,1H3/t15-/m0/s1. The van der Waals surface area contributed by atoms with E-state index < -0.39 is 0 Å². The van der Waals surface area contributed by atoms with E-state index in [9.17, 15) is 9.59 Å². The Bertz CT molecular complexity index is 555. The molecule has 2 fully saturated rings.